The van der Waals surface area contributed by atoms with E-state index in [-0.39, 0.29) is 55.8 Å². The maximum Gasteiger partial charge on any atom is 0.246 e. The van der Waals surface area contributed by atoms with E-state index in [2.05, 4.69) is 21.3 Å². The van der Waals surface area contributed by atoms with Crippen molar-refractivity contribution in [1.82, 2.24) is 55.6 Å². The van der Waals surface area contributed by atoms with Crippen LogP contribution in [-0.4, -0.2) is 227 Å². The first-order chi connectivity index (χ1) is 39.2. The zero-order chi connectivity index (χ0) is 66.0. The second kappa shape index (κ2) is 34.9. The maximum atomic E-state index is 15.1. The van der Waals surface area contributed by atoms with E-state index in [1.54, 1.807) is 54.5 Å². The summed E-state index contributed by atoms with van der Waals surface area (Å²) in [4.78, 5) is 168. The molecule has 23 heteroatoms. The topological polar surface area (TPSA) is 279 Å². The van der Waals surface area contributed by atoms with Crippen LogP contribution in [-0.2, 0) is 52.7 Å². The fourth-order valence-electron chi connectivity index (χ4n) is 10.6. The van der Waals surface area contributed by atoms with Crippen molar-refractivity contribution in [2.45, 2.75) is 223 Å². The van der Waals surface area contributed by atoms with Gasteiger partial charge in [-0.2, -0.15) is 0 Å². The number of amides is 11. The molecule has 1 fully saturated rings. The highest BCUT2D eigenvalue weighted by Crippen LogP contribution is 2.25. The Morgan fingerprint density at radius 1 is 0.471 bits per heavy atom. The summed E-state index contributed by atoms with van der Waals surface area (Å²) in [7, 11) is 9.89. The highest BCUT2D eigenvalue weighted by Gasteiger charge is 2.45. The van der Waals surface area contributed by atoms with Gasteiger partial charge in [-0.05, 0) is 101 Å². The third kappa shape index (κ3) is 21.7. The number of aliphatic hydroxyl groups excluding tert-OH is 1. The molecule has 1 aliphatic rings. The summed E-state index contributed by atoms with van der Waals surface area (Å²) < 4.78 is 0. The first kappa shape index (κ1) is 76.9. The Hall–Kier alpha value is -6.13. The van der Waals surface area contributed by atoms with E-state index in [1.807, 2.05) is 61.5 Å². The van der Waals surface area contributed by atoms with Crippen molar-refractivity contribution in [3.05, 3.63) is 12.2 Å². The van der Waals surface area contributed by atoms with Crippen LogP contribution in [0.3, 0.4) is 0 Å². The Morgan fingerprint density at radius 2 is 0.929 bits per heavy atom. The van der Waals surface area contributed by atoms with Crippen molar-refractivity contribution in [2.75, 3.05) is 55.9 Å². The summed E-state index contributed by atoms with van der Waals surface area (Å²) in [5.74, 6) is -9.71. The summed E-state index contributed by atoms with van der Waals surface area (Å²) in [6, 6.07) is -12.3. The minimum Gasteiger partial charge on any atom is -0.390 e. The molecule has 12 atom stereocenters. The third-order valence-electron chi connectivity index (χ3n) is 16.2. The van der Waals surface area contributed by atoms with Gasteiger partial charge in [-0.25, -0.2) is 0 Å². The van der Waals surface area contributed by atoms with Gasteiger partial charge >= 0.3 is 0 Å². The van der Waals surface area contributed by atoms with Crippen LogP contribution in [0.4, 0.5) is 0 Å². The highest BCUT2D eigenvalue weighted by atomic mass is 16.3. The zero-order valence-corrected chi connectivity index (χ0v) is 56.1. The Balaban J connectivity index is 4.33. The van der Waals surface area contributed by atoms with E-state index >= 15 is 9.59 Å². The van der Waals surface area contributed by atoms with E-state index in [0.29, 0.717) is 6.42 Å². The van der Waals surface area contributed by atoms with Crippen LogP contribution in [0.5, 0.6) is 0 Å². The van der Waals surface area contributed by atoms with Crippen molar-refractivity contribution in [1.29, 1.82) is 0 Å². The number of allylic oxidation sites excluding steroid dienone is 2. The van der Waals surface area contributed by atoms with E-state index in [4.69, 9.17) is 0 Å². The molecular weight excluding hydrogens is 1090 g/mol. The molecule has 0 aliphatic carbocycles. The predicted molar refractivity (Wildman–Crippen MR) is 328 cm³/mol. The van der Waals surface area contributed by atoms with Crippen LogP contribution in [0, 0.1) is 41.4 Å². The van der Waals surface area contributed by atoms with Crippen molar-refractivity contribution in [2.24, 2.45) is 41.4 Å². The summed E-state index contributed by atoms with van der Waals surface area (Å²) in [5, 5.41) is 23.2. The fourth-order valence-corrected chi connectivity index (χ4v) is 10.6. The first-order valence-electron chi connectivity index (χ1n) is 30.6. The van der Waals surface area contributed by atoms with Gasteiger partial charge in [0.2, 0.25) is 65.0 Å². The van der Waals surface area contributed by atoms with Crippen LogP contribution >= 0.6 is 0 Å². The molecule has 11 amide bonds. The first-order valence-corrected chi connectivity index (χ1v) is 30.6. The predicted octanol–water partition coefficient (Wildman–Crippen LogP) is 3.27. The average molecular weight is 1200 g/mol. The minimum atomic E-state index is -1.61. The van der Waals surface area contributed by atoms with Crippen LogP contribution in [0.2, 0.25) is 0 Å². The van der Waals surface area contributed by atoms with Gasteiger partial charge in [0.15, 0.2) is 0 Å². The molecule has 0 unspecified atom stereocenters. The lowest BCUT2D eigenvalue weighted by atomic mass is 9.91. The molecule has 486 valence electrons. The highest BCUT2D eigenvalue weighted by molar-refractivity contribution is 5.99. The van der Waals surface area contributed by atoms with Gasteiger partial charge in [-0.3, -0.25) is 52.7 Å². The van der Waals surface area contributed by atoms with Gasteiger partial charge in [-0.1, -0.05) is 109 Å². The summed E-state index contributed by atoms with van der Waals surface area (Å²) in [5.41, 5.74) is 0. The molecule has 5 N–H and O–H groups in total. The Kier molecular flexibility index (Phi) is 31.5. The third-order valence-corrected chi connectivity index (χ3v) is 16.2. The van der Waals surface area contributed by atoms with E-state index in [1.165, 1.54) is 82.8 Å². The van der Waals surface area contributed by atoms with Crippen LogP contribution in [0.25, 0.3) is 0 Å². The van der Waals surface area contributed by atoms with Crippen molar-refractivity contribution in [3.8, 4) is 0 Å². The van der Waals surface area contributed by atoms with Gasteiger partial charge in [0.05, 0.1) is 12.6 Å². The fraction of sp³-hybridized carbons (Fsp3) is 0.790. The van der Waals surface area contributed by atoms with Crippen LogP contribution in [0.15, 0.2) is 12.2 Å². The molecule has 1 rings (SSSR count). The number of nitrogens with one attached hydrogen (secondary N) is 4. The molecular formula is C62H111N11O12. The molecule has 1 heterocycles. The Bertz CT molecular complexity index is 2330. The molecule has 1 saturated heterocycles. The van der Waals surface area contributed by atoms with Crippen LogP contribution in [0.1, 0.15) is 156 Å². The van der Waals surface area contributed by atoms with Gasteiger partial charge in [0.1, 0.15) is 60.4 Å². The molecule has 0 aromatic carbocycles. The number of hydrogen-bond acceptors (Lipinski definition) is 12. The second-order valence-corrected chi connectivity index (χ2v) is 26.1. The lowest BCUT2D eigenvalue weighted by Gasteiger charge is -2.41. The standard InChI is InChI=1S/C62H111N11O12/c1-25-27-28-40(15)52(75)51-56(79)64-43(26-2)58(81)67(18)33-48(74)69(20)45(30-35(5)6)55(78)66-49(38(11)12)61(84)68(19)42(17)53(76)65-44(29-34(3)4)54(77)63-41(16)57(80)70(21)46(31-36(7)8)59(82)71(22)47(32-37(9)10)60(83)72(23)50(39(13)14)62(85)73(51)24/h25,27,34-47,49-52,75H,26,28-33H2,1-24H3,(H,63,77)(H,64,79)(H,65,76)(H,66,78)/b27-25+/t40-,41-,42+,43+,44+,45+,46+,47+,49+,50+,51+,52-/m1/s1. The monoisotopic (exact) mass is 1200 g/mol. The second-order valence-electron chi connectivity index (χ2n) is 26.1. The molecule has 0 spiro atoms. The van der Waals surface area contributed by atoms with Gasteiger partial charge in [0, 0.05) is 49.3 Å². The summed E-state index contributed by atoms with van der Waals surface area (Å²) >= 11 is 0. The number of carbonyl (C=O) groups is 11. The number of likely N-dealkylation sites (N-methyl/N-ethyl adjacent to an activating group) is 7. The number of aliphatic hydroxyl groups is 1. The normalized spacial score (nSPS) is 26.9. The molecule has 23 nitrogen and oxygen atoms in total. The number of carbonyl (C=O) groups excluding carboxylic acids is 11. The van der Waals surface area contributed by atoms with Gasteiger partial charge in [0.25, 0.3) is 0 Å². The smallest absolute Gasteiger partial charge is 0.246 e. The summed E-state index contributed by atoms with van der Waals surface area (Å²) in [6.45, 7) is 29.3. The van der Waals surface area contributed by atoms with Crippen molar-refractivity contribution < 1.29 is 57.8 Å². The molecule has 1 aliphatic heterocycles. The Labute approximate surface area is 508 Å². The van der Waals surface area contributed by atoms with Crippen molar-refractivity contribution >= 4 is 65.0 Å². The largest absolute Gasteiger partial charge is 0.390 e. The number of rotatable bonds is 15. The van der Waals surface area contributed by atoms with E-state index in [0.717, 1.165) is 14.7 Å². The summed E-state index contributed by atoms with van der Waals surface area (Å²) in [6.07, 6.45) is 3.02. The lowest BCUT2D eigenvalue weighted by Crippen LogP contribution is -2.63. The number of hydrogen-bond donors (Lipinski definition) is 5. The molecule has 0 radical (unpaired) electrons. The molecule has 0 saturated carbocycles. The molecule has 85 heavy (non-hydrogen) atoms. The minimum absolute atomic E-state index is 0.0230. The van der Waals surface area contributed by atoms with Crippen molar-refractivity contribution in [3.63, 3.8) is 0 Å². The quantitative estimate of drug-likeness (QED) is 0.148. The lowest BCUT2D eigenvalue weighted by molar-refractivity contribution is -0.157. The van der Waals surface area contributed by atoms with Crippen LogP contribution < -0.4 is 21.3 Å². The molecule has 0 aromatic rings. The SMILES string of the molecule is C/C=C/C[C@@H](C)[C@@H](O)[C@H]1C(=O)N[C@@H](CC)C(=O)N(C)CC(=O)N(C)[C@@H](CC(C)C)C(=O)N[C@@H](C(C)C)C(=O)N(C)[C@@H](C)C(=O)N[C@@H](CC(C)C)C(=O)N[C@H](C)C(=O)N(C)[C@@H](CC(C)C)C(=O)N(C)[C@@H](CC(C)C)C(=O)N(C)[C@@H](C(C)C)C(=O)N1C. The van der Waals surface area contributed by atoms with Gasteiger partial charge < -0.3 is 60.7 Å². The molecule has 0 bridgehead atoms. The van der Waals surface area contributed by atoms with Gasteiger partial charge in [-0.15, -0.1) is 0 Å². The maximum absolute atomic E-state index is 15.1. The average Bonchev–Trinajstić information content (AvgIpc) is 3.46. The van der Waals surface area contributed by atoms with E-state index in [9.17, 15) is 48.3 Å². The van der Waals surface area contributed by atoms with E-state index < -0.39 is 156 Å². The number of nitrogens with zero attached hydrogens (tertiary/aromatic N) is 7. The molecule has 0 aromatic heterocycles. The zero-order valence-electron chi connectivity index (χ0n) is 56.1. The Morgan fingerprint density at radius 3 is 1.39 bits per heavy atom.